The zero-order valence-corrected chi connectivity index (χ0v) is 18.6. The van der Waals surface area contributed by atoms with Crippen LogP contribution >= 0.6 is 15.9 Å². The van der Waals surface area contributed by atoms with E-state index in [9.17, 15) is 4.79 Å². The van der Waals surface area contributed by atoms with Gasteiger partial charge in [-0.3, -0.25) is 0 Å². The lowest BCUT2D eigenvalue weighted by Crippen LogP contribution is -2.27. The number of esters is 1. The van der Waals surface area contributed by atoms with Crippen LogP contribution in [-0.4, -0.2) is 33.3 Å². The molecule has 0 aromatic heterocycles. The van der Waals surface area contributed by atoms with E-state index in [0.29, 0.717) is 21.7 Å². The molecule has 7 nitrogen and oxygen atoms in total. The van der Waals surface area contributed by atoms with Crippen LogP contribution in [0.3, 0.4) is 0 Å². The standard InChI is InChI=1S/C22H23BrN2O5/c1-4-29-22(26)19-18(12-8-14(23)20(28-3)17(9-12)27-2)13-7-11-5-6-25-15(11)10-16(13)30-21(19)24/h7-10,18,25H,4-6,24H2,1-3H3. The Morgan fingerprint density at radius 3 is 2.77 bits per heavy atom. The first-order chi connectivity index (χ1) is 14.5. The number of methoxy groups -OCH3 is 2. The van der Waals surface area contributed by atoms with Crippen molar-refractivity contribution in [2.75, 3.05) is 32.7 Å². The molecular weight excluding hydrogens is 452 g/mol. The lowest BCUT2D eigenvalue weighted by atomic mass is 9.82. The van der Waals surface area contributed by atoms with Gasteiger partial charge in [-0.05, 0) is 58.6 Å². The van der Waals surface area contributed by atoms with Crippen LogP contribution in [0.5, 0.6) is 17.2 Å². The molecular formula is C22H23BrN2O5. The summed E-state index contributed by atoms with van der Waals surface area (Å²) >= 11 is 3.55. The molecule has 4 rings (SSSR count). The fourth-order valence-corrected chi connectivity index (χ4v) is 4.63. The highest BCUT2D eigenvalue weighted by atomic mass is 79.9. The van der Waals surface area contributed by atoms with E-state index in [0.717, 1.165) is 29.8 Å². The molecule has 3 N–H and O–H groups in total. The van der Waals surface area contributed by atoms with Crippen LogP contribution in [0.1, 0.15) is 29.5 Å². The topological polar surface area (TPSA) is 92.0 Å². The third kappa shape index (κ3) is 3.35. The van der Waals surface area contributed by atoms with Crippen LogP contribution in [0.4, 0.5) is 5.69 Å². The van der Waals surface area contributed by atoms with E-state index >= 15 is 0 Å². The van der Waals surface area contributed by atoms with Gasteiger partial charge in [0.2, 0.25) is 5.88 Å². The molecule has 0 saturated carbocycles. The number of nitrogens with two attached hydrogens (primary N) is 1. The van der Waals surface area contributed by atoms with Gasteiger partial charge in [0.15, 0.2) is 11.5 Å². The van der Waals surface area contributed by atoms with Crippen molar-refractivity contribution in [2.45, 2.75) is 19.3 Å². The molecule has 0 radical (unpaired) electrons. The van der Waals surface area contributed by atoms with Crippen LogP contribution in [0.25, 0.3) is 0 Å². The van der Waals surface area contributed by atoms with Crippen molar-refractivity contribution >= 4 is 27.6 Å². The molecule has 2 aromatic carbocycles. The van der Waals surface area contributed by atoms with Gasteiger partial charge in [-0.1, -0.05) is 0 Å². The molecule has 2 aliphatic heterocycles. The average molecular weight is 475 g/mol. The molecule has 0 bridgehead atoms. The first kappa shape index (κ1) is 20.4. The maximum Gasteiger partial charge on any atom is 0.340 e. The van der Waals surface area contributed by atoms with Crippen LogP contribution < -0.4 is 25.3 Å². The van der Waals surface area contributed by atoms with Crippen molar-refractivity contribution in [3.8, 4) is 17.2 Å². The molecule has 0 fully saturated rings. The van der Waals surface area contributed by atoms with Gasteiger partial charge in [-0.25, -0.2) is 4.79 Å². The Morgan fingerprint density at radius 1 is 1.27 bits per heavy atom. The number of carbonyl (C=O) groups excluding carboxylic acids is 1. The molecule has 1 unspecified atom stereocenters. The number of anilines is 1. The second-order valence-electron chi connectivity index (χ2n) is 7.00. The molecule has 30 heavy (non-hydrogen) atoms. The van der Waals surface area contributed by atoms with Crippen molar-refractivity contribution in [1.29, 1.82) is 0 Å². The summed E-state index contributed by atoms with van der Waals surface area (Å²) in [7, 11) is 3.14. The fourth-order valence-electron chi connectivity index (χ4n) is 4.01. The Bertz CT molecular complexity index is 1050. The summed E-state index contributed by atoms with van der Waals surface area (Å²) in [6.07, 6.45) is 0.902. The van der Waals surface area contributed by atoms with Crippen molar-refractivity contribution in [3.05, 3.63) is 56.9 Å². The van der Waals surface area contributed by atoms with Crippen molar-refractivity contribution in [1.82, 2.24) is 0 Å². The highest BCUT2D eigenvalue weighted by Crippen LogP contribution is 2.48. The van der Waals surface area contributed by atoms with E-state index in [1.54, 1.807) is 21.1 Å². The van der Waals surface area contributed by atoms with E-state index in [4.69, 9.17) is 24.7 Å². The highest BCUT2D eigenvalue weighted by Gasteiger charge is 2.37. The summed E-state index contributed by atoms with van der Waals surface area (Å²) in [5.41, 5.74) is 10.4. The number of benzene rings is 2. The molecule has 2 aliphatic rings. The van der Waals surface area contributed by atoms with Gasteiger partial charge in [0, 0.05) is 23.9 Å². The van der Waals surface area contributed by atoms with Crippen LogP contribution in [0.15, 0.2) is 40.2 Å². The second kappa shape index (κ2) is 8.10. The quantitative estimate of drug-likeness (QED) is 0.638. The molecule has 2 heterocycles. The van der Waals surface area contributed by atoms with Gasteiger partial charge in [0.05, 0.1) is 31.2 Å². The number of rotatable bonds is 5. The van der Waals surface area contributed by atoms with Gasteiger partial charge in [-0.15, -0.1) is 0 Å². The van der Waals surface area contributed by atoms with Gasteiger partial charge in [0.1, 0.15) is 11.3 Å². The normalized spacial score (nSPS) is 16.9. The number of ether oxygens (including phenoxy) is 4. The van der Waals surface area contributed by atoms with E-state index < -0.39 is 11.9 Å². The summed E-state index contributed by atoms with van der Waals surface area (Å²) in [5, 5.41) is 3.34. The highest BCUT2D eigenvalue weighted by molar-refractivity contribution is 9.10. The Kier molecular flexibility index (Phi) is 5.51. The third-order valence-electron chi connectivity index (χ3n) is 5.32. The minimum Gasteiger partial charge on any atom is -0.493 e. The lowest BCUT2D eigenvalue weighted by Gasteiger charge is -2.29. The van der Waals surface area contributed by atoms with Crippen molar-refractivity contribution in [2.24, 2.45) is 5.73 Å². The second-order valence-corrected chi connectivity index (χ2v) is 7.85. The number of fused-ring (bicyclic) bond motifs is 2. The summed E-state index contributed by atoms with van der Waals surface area (Å²) < 4.78 is 22.8. The Balaban J connectivity index is 1.94. The van der Waals surface area contributed by atoms with E-state index in [2.05, 4.69) is 27.3 Å². The monoisotopic (exact) mass is 474 g/mol. The van der Waals surface area contributed by atoms with Gasteiger partial charge in [-0.2, -0.15) is 0 Å². The molecule has 2 aromatic rings. The first-order valence-electron chi connectivity index (χ1n) is 9.65. The maximum absolute atomic E-state index is 12.9. The van der Waals surface area contributed by atoms with Crippen LogP contribution in [-0.2, 0) is 16.0 Å². The molecule has 0 spiro atoms. The van der Waals surface area contributed by atoms with Crippen molar-refractivity contribution in [3.63, 3.8) is 0 Å². The zero-order chi connectivity index (χ0) is 21.4. The molecule has 1 atom stereocenters. The predicted octanol–water partition coefficient (Wildman–Crippen LogP) is 3.69. The van der Waals surface area contributed by atoms with E-state index in [1.165, 1.54) is 5.56 Å². The van der Waals surface area contributed by atoms with Gasteiger partial charge < -0.3 is 30.0 Å². The minimum absolute atomic E-state index is 0.0369. The average Bonchev–Trinajstić information content (AvgIpc) is 3.18. The Labute approximate surface area is 183 Å². The van der Waals surface area contributed by atoms with Crippen LogP contribution in [0, 0.1) is 0 Å². The number of halogens is 1. The first-order valence-corrected chi connectivity index (χ1v) is 10.4. The number of hydrogen-bond donors (Lipinski definition) is 2. The predicted molar refractivity (Wildman–Crippen MR) is 116 cm³/mol. The summed E-state index contributed by atoms with van der Waals surface area (Å²) in [6.45, 7) is 2.85. The van der Waals surface area contributed by atoms with E-state index in [1.807, 2.05) is 18.2 Å². The molecule has 0 aliphatic carbocycles. The smallest absolute Gasteiger partial charge is 0.340 e. The number of carbonyl (C=O) groups is 1. The summed E-state index contributed by atoms with van der Waals surface area (Å²) in [6, 6.07) is 7.77. The molecule has 0 saturated heterocycles. The van der Waals surface area contributed by atoms with Crippen molar-refractivity contribution < 1.29 is 23.7 Å². The molecule has 0 amide bonds. The zero-order valence-electron chi connectivity index (χ0n) is 17.0. The largest absolute Gasteiger partial charge is 0.493 e. The van der Waals surface area contributed by atoms with Gasteiger partial charge in [0.25, 0.3) is 0 Å². The Morgan fingerprint density at radius 2 is 2.07 bits per heavy atom. The van der Waals surface area contributed by atoms with Crippen LogP contribution in [0.2, 0.25) is 0 Å². The lowest BCUT2D eigenvalue weighted by molar-refractivity contribution is -0.139. The minimum atomic E-state index is -0.504. The Hall–Kier alpha value is -2.87. The maximum atomic E-state index is 12.9. The van der Waals surface area contributed by atoms with Gasteiger partial charge >= 0.3 is 5.97 Å². The number of nitrogens with one attached hydrogen (secondary N) is 1. The third-order valence-corrected chi connectivity index (χ3v) is 5.90. The SMILES string of the molecule is CCOC(=O)C1=C(N)Oc2cc3c(cc2C1c1cc(Br)c(OC)c(OC)c1)CCN3. The number of hydrogen-bond acceptors (Lipinski definition) is 7. The molecule has 158 valence electrons. The molecule has 8 heteroatoms. The van der Waals surface area contributed by atoms with E-state index in [-0.39, 0.29) is 18.1 Å². The fraction of sp³-hybridized carbons (Fsp3) is 0.318. The summed E-state index contributed by atoms with van der Waals surface area (Å²) in [5.74, 6) is 0.783. The summed E-state index contributed by atoms with van der Waals surface area (Å²) in [4.78, 5) is 12.9.